The second-order valence-corrected chi connectivity index (χ2v) is 8.87. The molecule has 3 amide bonds. The van der Waals surface area contributed by atoms with Crippen molar-refractivity contribution >= 4 is 23.7 Å². The number of hydrogen-bond donors (Lipinski definition) is 1. The van der Waals surface area contributed by atoms with Gasteiger partial charge in [0.1, 0.15) is 24.2 Å². The van der Waals surface area contributed by atoms with Gasteiger partial charge in [-0.2, -0.15) is 0 Å². The maximum Gasteiger partial charge on any atom is 0.392 e. The number of fused-ring (bicyclic) bond motifs is 1. The summed E-state index contributed by atoms with van der Waals surface area (Å²) in [5.74, 6) is 2.65. The van der Waals surface area contributed by atoms with E-state index in [9.17, 15) is 14.7 Å². The number of carbonyl (C=O) groups is 2. The van der Waals surface area contributed by atoms with Gasteiger partial charge in [-0.1, -0.05) is 11.9 Å². The van der Waals surface area contributed by atoms with Crippen LogP contribution in [0.5, 0.6) is 11.5 Å². The normalized spacial score (nSPS) is 24.2. The Hall–Kier alpha value is -3.14. The first-order valence-electron chi connectivity index (χ1n) is 11.3. The van der Waals surface area contributed by atoms with E-state index >= 15 is 0 Å². The van der Waals surface area contributed by atoms with Gasteiger partial charge < -0.3 is 14.6 Å². The van der Waals surface area contributed by atoms with Gasteiger partial charge >= 0.3 is 12.0 Å². The van der Waals surface area contributed by atoms with Crippen molar-refractivity contribution in [3.63, 3.8) is 0 Å². The molecule has 10 heteroatoms. The number of ether oxygens (including phenoxy) is 2. The standard InChI is InChI=1S/C23H32N5O5/c1-15-9-11-27(12-10-15)22-24-20-19(21(30)26(3)23(31)25(20)2)28(22)13-16(29)14-33-18-7-5-17(32-4)6-8-18/h5-8,15-16,19,29H,9-14H2,1-4H3/q+1. The number of likely N-dealkylation sites (N-methyl/N-ethyl adjacent to an activating group) is 2. The maximum atomic E-state index is 13.1. The minimum absolute atomic E-state index is 0.0496. The number of carbonyl (C=O) groups excluding carboxylic acids is 2. The third kappa shape index (κ3) is 4.52. The Morgan fingerprint density at radius 1 is 1.12 bits per heavy atom. The Morgan fingerprint density at radius 3 is 2.39 bits per heavy atom. The van der Waals surface area contributed by atoms with Crippen LogP contribution in [0.1, 0.15) is 19.8 Å². The molecule has 0 aliphatic carbocycles. The van der Waals surface area contributed by atoms with E-state index in [0.717, 1.165) is 36.6 Å². The number of amidine groups is 1. The Morgan fingerprint density at radius 2 is 1.76 bits per heavy atom. The van der Waals surface area contributed by atoms with Crippen molar-refractivity contribution in [2.75, 3.05) is 47.4 Å². The van der Waals surface area contributed by atoms with Gasteiger partial charge in [-0.05, 0) is 43.0 Å². The van der Waals surface area contributed by atoms with Gasteiger partial charge in [-0.15, -0.1) is 0 Å². The number of nitrogens with zero attached hydrogens (tertiary/aromatic N) is 5. The minimum atomic E-state index is -0.874. The van der Waals surface area contributed by atoms with Crippen LogP contribution in [-0.4, -0.2) is 108 Å². The zero-order valence-electron chi connectivity index (χ0n) is 19.6. The van der Waals surface area contributed by atoms with Crippen LogP contribution in [0.25, 0.3) is 0 Å². The van der Waals surface area contributed by atoms with Crippen LogP contribution >= 0.6 is 0 Å². The largest absolute Gasteiger partial charge is 0.497 e. The number of β-amino-alcohol motifs (C(OH)–C–C–N with tert-alkyl or cyclic N) is 1. The molecule has 1 aromatic carbocycles. The molecule has 3 heterocycles. The Balaban J connectivity index is 1.54. The van der Waals surface area contributed by atoms with E-state index in [4.69, 9.17) is 14.5 Å². The number of methoxy groups -OCH3 is 1. The lowest BCUT2D eigenvalue weighted by atomic mass is 10.0. The van der Waals surface area contributed by atoms with E-state index in [1.807, 2.05) is 4.90 Å². The average molecular weight is 459 g/mol. The van der Waals surface area contributed by atoms with E-state index < -0.39 is 18.2 Å². The molecule has 0 spiro atoms. The number of piperidine rings is 1. The number of hydrogen-bond acceptors (Lipinski definition) is 5. The van der Waals surface area contributed by atoms with Gasteiger partial charge in [0.25, 0.3) is 5.91 Å². The molecule has 0 aromatic heterocycles. The Labute approximate surface area is 193 Å². The summed E-state index contributed by atoms with van der Waals surface area (Å²) in [4.78, 5) is 34.6. The summed E-state index contributed by atoms with van der Waals surface area (Å²) in [6.07, 6.45) is 1.18. The molecule has 4 rings (SSSR count). The van der Waals surface area contributed by atoms with Crippen LogP contribution in [0, 0.1) is 5.92 Å². The van der Waals surface area contributed by atoms with Crippen molar-refractivity contribution in [1.82, 2.24) is 14.7 Å². The lowest BCUT2D eigenvalue weighted by Crippen LogP contribution is -2.63. The molecule has 3 aliphatic heterocycles. The van der Waals surface area contributed by atoms with Gasteiger partial charge in [-0.3, -0.25) is 19.2 Å². The summed E-state index contributed by atoms with van der Waals surface area (Å²) in [6.45, 7) is 4.06. The summed E-state index contributed by atoms with van der Waals surface area (Å²) in [6, 6.07) is 5.96. The van der Waals surface area contributed by atoms with Gasteiger partial charge in [0.2, 0.25) is 11.9 Å². The van der Waals surface area contributed by atoms with Crippen molar-refractivity contribution in [3.05, 3.63) is 24.3 Å². The van der Waals surface area contributed by atoms with Crippen LogP contribution in [0.2, 0.25) is 0 Å². The van der Waals surface area contributed by atoms with Crippen molar-refractivity contribution in [1.29, 1.82) is 0 Å². The molecular formula is C23H32N5O5+. The number of aliphatic imine (C=N–C) groups is 1. The minimum Gasteiger partial charge on any atom is -0.497 e. The molecule has 10 nitrogen and oxygen atoms in total. The third-order valence-electron chi connectivity index (χ3n) is 6.49. The first-order chi connectivity index (χ1) is 15.8. The quantitative estimate of drug-likeness (QED) is 0.635. The molecule has 2 fully saturated rings. The van der Waals surface area contributed by atoms with E-state index in [1.165, 1.54) is 11.9 Å². The fourth-order valence-electron chi connectivity index (χ4n) is 4.38. The highest BCUT2D eigenvalue weighted by Gasteiger charge is 2.55. The molecule has 178 valence electrons. The SMILES string of the molecule is COc1ccc(OCC(O)CN2C(=[N+]3CCC(C)CC3)N=C3C2C(=O)N(C)C(=O)N3C)cc1. The molecule has 1 aromatic rings. The van der Waals surface area contributed by atoms with E-state index in [2.05, 4.69) is 11.5 Å². The van der Waals surface area contributed by atoms with Crippen LogP contribution in [0.3, 0.4) is 0 Å². The molecule has 2 saturated heterocycles. The fourth-order valence-corrected chi connectivity index (χ4v) is 4.38. The number of benzene rings is 1. The molecule has 3 aliphatic rings. The Bertz CT molecular complexity index is 966. The van der Waals surface area contributed by atoms with Gasteiger partial charge in [0.05, 0.1) is 26.7 Å². The van der Waals surface area contributed by atoms with Crippen molar-refractivity contribution in [2.24, 2.45) is 10.9 Å². The zero-order valence-corrected chi connectivity index (χ0v) is 19.6. The lowest BCUT2D eigenvalue weighted by Gasteiger charge is -2.33. The van der Waals surface area contributed by atoms with Gasteiger partial charge in [0, 0.05) is 14.1 Å². The monoisotopic (exact) mass is 458 g/mol. The molecule has 0 radical (unpaired) electrons. The number of imide groups is 1. The highest BCUT2D eigenvalue weighted by atomic mass is 16.5. The highest BCUT2D eigenvalue weighted by molar-refractivity contribution is 6.25. The maximum absolute atomic E-state index is 13.1. The van der Waals surface area contributed by atoms with Gasteiger partial charge in [0.15, 0.2) is 0 Å². The van der Waals surface area contributed by atoms with E-state index in [-0.39, 0.29) is 19.1 Å². The summed E-state index contributed by atoms with van der Waals surface area (Å²) < 4.78 is 13.0. The molecule has 1 N–H and O–H groups in total. The molecule has 0 bridgehead atoms. The average Bonchev–Trinajstić information content (AvgIpc) is 3.20. The predicted octanol–water partition coefficient (Wildman–Crippen LogP) is 0.840. The van der Waals surface area contributed by atoms with Crippen LogP contribution in [-0.2, 0) is 4.79 Å². The van der Waals surface area contributed by atoms with Crippen molar-refractivity contribution in [3.8, 4) is 11.5 Å². The summed E-state index contributed by atoms with van der Waals surface area (Å²) in [7, 11) is 4.69. The topological polar surface area (TPSA) is 97.9 Å². The third-order valence-corrected chi connectivity index (χ3v) is 6.49. The molecule has 0 saturated carbocycles. The van der Waals surface area contributed by atoms with E-state index in [0.29, 0.717) is 23.5 Å². The first kappa shape index (κ1) is 23.0. The first-order valence-corrected chi connectivity index (χ1v) is 11.3. The van der Waals surface area contributed by atoms with Crippen LogP contribution in [0.4, 0.5) is 4.79 Å². The lowest BCUT2D eigenvalue weighted by molar-refractivity contribution is -0.545. The van der Waals surface area contributed by atoms with Crippen molar-refractivity contribution < 1.29 is 28.7 Å². The highest BCUT2D eigenvalue weighted by Crippen LogP contribution is 2.25. The molecule has 33 heavy (non-hydrogen) atoms. The number of urea groups is 1. The number of aliphatic hydroxyl groups excluding tert-OH is 1. The summed E-state index contributed by atoms with van der Waals surface area (Å²) in [5.41, 5.74) is 0. The zero-order chi connectivity index (χ0) is 23.7. The van der Waals surface area contributed by atoms with E-state index in [1.54, 1.807) is 38.4 Å². The second-order valence-electron chi connectivity index (χ2n) is 8.87. The van der Waals surface area contributed by atoms with Crippen molar-refractivity contribution in [2.45, 2.75) is 31.9 Å². The summed E-state index contributed by atoms with van der Waals surface area (Å²) >= 11 is 0. The number of aliphatic hydroxyl groups is 1. The molecular weight excluding hydrogens is 426 g/mol. The van der Waals surface area contributed by atoms with Crippen LogP contribution in [0.15, 0.2) is 29.3 Å². The second kappa shape index (κ2) is 9.38. The van der Waals surface area contributed by atoms with Crippen LogP contribution < -0.4 is 9.47 Å². The number of rotatable bonds is 6. The van der Waals surface area contributed by atoms with Gasteiger partial charge in [-0.25, -0.2) is 9.69 Å². The number of amides is 3. The summed E-state index contributed by atoms with van der Waals surface area (Å²) in [5, 5.41) is 10.8. The Kier molecular flexibility index (Phi) is 6.55. The molecule has 2 atom stereocenters. The molecule has 2 unspecified atom stereocenters. The fraction of sp³-hybridized carbons (Fsp3) is 0.565. The number of guanidine groups is 1. The predicted molar refractivity (Wildman–Crippen MR) is 122 cm³/mol. The smallest absolute Gasteiger partial charge is 0.392 e.